The molecule has 0 aliphatic heterocycles. The predicted octanol–water partition coefficient (Wildman–Crippen LogP) is 1.83. The summed E-state index contributed by atoms with van der Waals surface area (Å²) in [6.07, 6.45) is 3.45. The maximum Gasteiger partial charge on any atom is 0.148 e. The van der Waals surface area contributed by atoms with Gasteiger partial charge in [0.25, 0.3) is 0 Å². The Labute approximate surface area is 116 Å². The van der Waals surface area contributed by atoms with E-state index in [2.05, 4.69) is 20.4 Å². The van der Waals surface area contributed by atoms with Gasteiger partial charge in [0.05, 0.1) is 35.2 Å². The van der Waals surface area contributed by atoms with Crippen LogP contribution in [0, 0.1) is 6.92 Å². The number of nitrogens with zero attached hydrogens (tertiary/aromatic N) is 4. The van der Waals surface area contributed by atoms with Crippen molar-refractivity contribution in [1.29, 1.82) is 0 Å². The smallest absolute Gasteiger partial charge is 0.148 e. The number of nitrogens with one attached hydrogen (secondary N) is 1. The van der Waals surface area contributed by atoms with E-state index in [1.807, 2.05) is 31.2 Å². The molecule has 6 heteroatoms. The number of nitrogen functional groups attached to an aromatic ring is 1. The quantitative estimate of drug-likeness (QED) is 0.754. The molecule has 0 radical (unpaired) electrons. The molecule has 0 atom stereocenters. The number of fused-ring (bicyclic) bond motifs is 1. The normalized spacial score (nSPS) is 10.8. The lowest BCUT2D eigenvalue weighted by atomic mass is 10.3. The third-order valence-corrected chi connectivity index (χ3v) is 3.03. The number of hydrogen-bond acceptors (Lipinski definition) is 5. The van der Waals surface area contributed by atoms with Gasteiger partial charge in [0.15, 0.2) is 0 Å². The van der Waals surface area contributed by atoms with Gasteiger partial charge in [-0.2, -0.15) is 5.10 Å². The highest BCUT2D eigenvalue weighted by Gasteiger charge is 2.04. The maximum absolute atomic E-state index is 5.62. The van der Waals surface area contributed by atoms with E-state index in [9.17, 15) is 0 Å². The molecule has 0 amide bonds. The van der Waals surface area contributed by atoms with Crippen LogP contribution in [0.3, 0.4) is 0 Å². The molecule has 102 valence electrons. The molecule has 0 spiro atoms. The second kappa shape index (κ2) is 5.16. The zero-order valence-corrected chi connectivity index (χ0v) is 11.2. The minimum absolute atomic E-state index is 0.673. The van der Waals surface area contributed by atoms with Gasteiger partial charge in [-0.25, -0.2) is 9.97 Å². The Morgan fingerprint density at radius 3 is 2.65 bits per heavy atom. The summed E-state index contributed by atoms with van der Waals surface area (Å²) in [6, 6.07) is 7.85. The lowest BCUT2D eigenvalue weighted by Gasteiger charge is -2.09. The minimum Gasteiger partial charge on any atom is -0.396 e. The molecule has 3 aromatic rings. The summed E-state index contributed by atoms with van der Waals surface area (Å²) >= 11 is 0. The van der Waals surface area contributed by atoms with Gasteiger partial charge in [0.2, 0.25) is 0 Å². The highest BCUT2D eigenvalue weighted by molar-refractivity contribution is 5.76. The van der Waals surface area contributed by atoms with Gasteiger partial charge >= 0.3 is 0 Å². The summed E-state index contributed by atoms with van der Waals surface area (Å²) in [5, 5.41) is 7.42. The monoisotopic (exact) mass is 268 g/mol. The summed E-state index contributed by atoms with van der Waals surface area (Å²) in [7, 11) is 0. The van der Waals surface area contributed by atoms with Crippen LogP contribution in [0.15, 0.2) is 36.7 Å². The Balaban J connectivity index is 1.72. The van der Waals surface area contributed by atoms with Gasteiger partial charge in [0.1, 0.15) is 5.82 Å². The summed E-state index contributed by atoms with van der Waals surface area (Å²) in [5.74, 6) is 0.809. The van der Waals surface area contributed by atoms with Crippen molar-refractivity contribution < 1.29 is 0 Å². The van der Waals surface area contributed by atoms with Crippen molar-refractivity contribution in [2.45, 2.75) is 13.5 Å². The number of aryl methyl sites for hydroxylation is 1. The molecule has 0 unspecified atom stereocenters. The van der Waals surface area contributed by atoms with Crippen LogP contribution in [-0.4, -0.2) is 26.3 Å². The molecule has 1 aromatic carbocycles. The first-order chi connectivity index (χ1) is 9.72. The van der Waals surface area contributed by atoms with E-state index in [0.717, 1.165) is 35.6 Å². The Bertz CT molecular complexity index is 733. The van der Waals surface area contributed by atoms with Gasteiger partial charge in [0, 0.05) is 12.7 Å². The van der Waals surface area contributed by atoms with Gasteiger partial charge in [-0.15, -0.1) is 0 Å². The van der Waals surface area contributed by atoms with Crippen LogP contribution < -0.4 is 11.1 Å². The van der Waals surface area contributed by atoms with Gasteiger partial charge < -0.3 is 11.1 Å². The van der Waals surface area contributed by atoms with Crippen molar-refractivity contribution in [3.63, 3.8) is 0 Å². The summed E-state index contributed by atoms with van der Waals surface area (Å²) in [6.45, 7) is 3.40. The largest absolute Gasteiger partial charge is 0.396 e. The molecule has 6 nitrogen and oxygen atoms in total. The predicted molar refractivity (Wildman–Crippen MR) is 79.4 cm³/mol. The zero-order chi connectivity index (χ0) is 13.9. The maximum atomic E-state index is 5.62. The summed E-state index contributed by atoms with van der Waals surface area (Å²) in [4.78, 5) is 9.12. The highest BCUT2D eigenvalue weighted by atomic mass is 15.3. The molecule has 0 aliphatic rings. The molecule has 0 fully saturated rings. The third kappa shape index (κ3) is 2.54. The summed E-state index contributed by atoms with van der Waals surface area (Å²) in [5.41, 5.74) is 8.99. The lowest BCUT2D eigenvalue weighted by molar-refractivity contribution is 0.637. The van der Waals surface area contributed by atoms with E-state index in [1.54, 1.807) is 17.1 Å². The lowest BCUT2D eigenvalue weighted by Crippen LogP contribution is -2.13. The van der Waals surface area contributed by atoms with Crippen molar-refractivity contribution in [3.8, 4) is 0 Å². The van der Waals surface area contributed by atoms with Crippen molar-refractivity contribution >= 4 is 22.5 Å². The summed E-state index contributed by atoms with van der Waals surface area (Å²) < 4.78 is 1.80. The Morgan fingerprint density at radius 1 is 1.20 bits per heavy atom. The number of para-hydroxylation sites is 2. The second-order valence-electron chi connectivity index (χ2n) is 4.61. The van der Waals surface area contributed by atoms with Gasteiger partial charge in [-0.1, -0.05) is 12.1 Å². The molecular formula is C14H16N6. The number of rotatable bonds is 4. The Morgan fingerprint density at radius 2 is 1.95 bits per heavy atom. The molecule has 2 heterocycles. The Kier molecular flexibility index (Phi) is 3.20. The average molecular weight is 268 g/mol. The molecule has 0 bridgehead atoms. The van der Waals surface area contributed by atoms with Gasteiger partial charge in [-0.3, -0.25) is 4.68 Å². The number of nitrogens with two attached hydrogens (primary N) is 1. The number of aromatic nitrogens is 4. The van der Waals surface area contributed by atoms with Crippen LogP contribution >= 0.6 is 0 Å². The third-order valence-electron chi connectivity index (χ3n) is 3.03. The van der Waals surface area contributed by atoms with Crippen LogP contribution in [0.25, 0.3) is 11.0 Å². The fourth-order valence-corrected chi connectivity index (χ4v) is 2.05. The van der Waals surface area contributed by atoms with E-state index in [-0.39, 0.29) is 0 Å². The van der Waals surface area contributed by atoms with Crippen molar-refractivity contribution in [1.82, 2.24) is 19.7 Å². The number of anilines is 2. The van der Waals surface area contributed by atoms with Crippen LogP contribution in [0.4, 0.5) is 11.5 Å². The zero-order valence-electron chi connectivity index (χ0n) is 11.2. The topological polar surface area (TPSA) is 81.7 Å². The van der Waals surface area contributed by atoms with Crippen molar-refractivity contribution in [2.75, 3.05) is 17.6 Å². The number of benzene rings is 1. The van der Waals surface area contributed by atoms with E-state index in [1.165, 1.54) is 0 Å². The SMILES string of the molecule is Cc1nc2ccccc2nc1NCCn1cc(N)cn1. The van der Waals surface area contributed by atoms with E-state index >= 15 is 0 Å². The van der Waals surface area contributed by atoms with Gasteiger partial charge in [-0.05, 0) is 19.1 Å². The average Bonchev–Trinajstić information content (AvgIpc) is 2.85. The fraction of sp³-hybridized carbons (Fsp3) is 0.214. The van der Waals surface area contributed by atoms with E-state index in [0.29, 0.717) is 5.69 Å². The first kappa shape index (κ1) is 12.4. The Hall–Kier alpha value is -2.63. The van der Waals surface area contributed by atoms with Crippen LogP contribution in [0.1, 0.15) is 5.69 Å². The highest BCUT2D eigenvalue weighted by Crippen LogP contribution is 2.15. The van der Waals surface area contributed by atoms with Crippen molar-refractivity contribution in [2.24, 2.45) is 0 Å². The van der Waals surface area contributed by atoms with Crippen LogP contribution in [0.5, 0.6) is 0 Å². The van der Waals surface area contributed by atoms with Crippen LogP contribution in [0.2, 0.25) is 0 Å². The first-order valence-electron chi connectivity index (χ1n) is 6.47. The first-order valence-corrected chi connectivity index (χ1v) is 6.47. The molecule has 3 N–H and O–H groups in total. The van der Waals surface area contributed by atoms with Crippen molar-refractivity contribution in [3.05, 3.63) is 42.4 Å². The molecule has 3 rings (SSSR count). The molecule has 20 heavy (non-hydrogen) atoms. The second-order valence-corrected chi connectivity index (χ2v) is 4.61. The minimum atomic E-state index is 0.673. The standard InChI is InChI=1S/C14H16N6/c1-10-14(16-6-7-20-9-11(15)8-17-20)19-13-5-3-2-4-12(13)18-10/h2-5,8-9H,6-7,15H2,1H3,(H,16,19). The molecule has 0 aliphatic carbocycles. The van der Waals surface area contributed by atoms with E-state index in [4.69, 9.17) is 5.73 Å². The molecular weight excluding hydrogens is 252 g/mol. The molecule has 0 saturated heterocycles. The fourth-order valence-electron chi connectivity index (χ4n) is 2.05. The van der Waals surface area contributed by atoms with Crippen LogP contribution in [-0.2, 0) is 6.54 Å². The molecule has 2 aromatic heterocycles. The van der Waals surface area contributed by atoms with E-state index < -0.39 is 0 Å². The number of hydrogen-bond donors (Lipinski definition) is 2. The molecule has 0 saturated carbocycles.